The highest BCUT2D eigenvalue weighted by atomic mass is 35.5. The Morgan fingerprint density at radius 3 is 2.59 bits per heavy atom. The molecule has 0 unspecified atom stereocenters. The van der Waals surface area contributed by atoms with Crippen LogP contribution in [-0.4, -0.2) is 30.4 Å². The number of nitrogens with zero attached hydrogens (tertiary/aromatic N) is 6. The van der Waals surface area contributed by atoms with E-state index in [4.69, 9.17) is 21.4 Å². The molecule has 0 atom stereocenters. The summed E-state index contributed by atoms with van der Waals surface area (Å²) in [6.45, 7) is 5.13. The number of hydrogen-bond acceptors (Lipinski definition) is 5. The van der Waals surface area contributed by atoms with Crippen LogP contribution in [0, 0.1) is 13.8 Å². The molecule has 0 saturated carbocycles. The van der Waals surface area contributed by atoms with Gasteiger partial charge in [0.1, 0.15) is 12.0 Å². The van der Waals surface area contributed by atoms with Crippen molar-refractivity contribution in [2.24, 2.45) is 5.16 Å². The Morgan fingerprint density at radius 1 is 1.03 bits per heavy atom. The normalized spacial score (nSPS) is 11.7. The lowest BCUT2D eigenvalue weighted by atomic mass is 10.2. The van der Waals surface area contributed by atoms with Gasteiger partial charge < -0.3 is 9.40 Å². The summed E-state index contributed by atoms with van der Waals surface area (Å²) in [4.78, 5) is 14.8. The molecule has 160 valence electrons. The molecule has 0 bridgehead atoms. The third kappa shape index (κ3) is 3.83. The molecule has 0 radical (unpaired) electrons. The van der Waals surface area contributed by atoms with Crippen molar-refractivity contribution in [2.45, 2.75) is 27.0 Å². The van der Waals surface area contributed by atoms with Crippen molar-refractivity contribution >= 4 is 34.5 Å². The molecule has 7 nitrogen and oxygen atoms in total. The molecule has 0 saturated heterocycles. The molecule has 0 aliphatic rings. The van der Waals surface area contributed by atoms with Gasteiger partial charge in [-0.05, 0) is 42.7 Å². The van der Waals surface area contributed by atoms with Gasteiger partial charge in [-0.3, -0.25) is 0 Å². The first-order chi connectivity index (χ1) is 15.6. The lowest BCUT2D eigenvalue weighted by molar-refractivity contribution is 0.126. The van der Waals surface area contributed by atoms with Crippen molar-refractivity contribution in [1.82, 2.24) is 24.1 Å². The summed E-state index contributed by atoms with van der Waals surface area (Å²) >= 11 is 5.89. The zero-order chi connectivity index (χ0) is 22.1. The molecule has 5 aromatic rings. The Morgan fingerprint density at radius 2 is 1.81 bits per heavy atom. The van der Waals surface area contributed by atoms with Gasteiger partial charge in [-0.2, -0.15) is 0 Å². The van der Waals surface area contributed by atoms with Crippen LogP contribution in [0.25, 0.3) is 16.7 Å². The molecule has 3 aromatic heterocycles. The van der Waals surface area contributed by atoms with E-state index in [0.29, 0.717) is 10.8 Å². The lowest BCUT2D eigenvalue weighted by Crippen LogP contribution is -2.03. The summed E-state index contributed by atoms with van der Waals surface area (Å²) < 4.78 is 3.92. The Kier molecular flexibility index (Phi) is 5.33. The minimum Gasteiger partial charge on any atom is -0.387 e. The topological polar surface area (TPSA) is 69.6 Å². The number of halogens is 1. The first kappa shape index (κ1) is 20.2. The molecular formula is C24H21ClN6O. The van der Waals surface area contributed by atoms with Crippen LogP contribution in [0.5, 0.6) is 0 Å². The largest absolute Gasteiger partial charge is 0.387 e. The van der Waals surface area contributed by atoms with Gasteiger partial charge in [0.2, 0.25) is 0 Å². The summed E-state index contributed by atoms with van der Waals surface area (Å²) in [5, 5.41) is 10.2. The maximum absolute atomic E-state index is 5.89. The Bertz CT molecular complexity index is 1420. The van der Waals surface area contributed by atoms with E-state index in [1.54, 1.807) is 29.2 Å². The fourth-order valence-corrected chi connectivity index (χ4v) is 3.86. The van der Waals surface area contributed by atoms with E-state index in [1.807, 2.05) is 18.2 Å². The third-order valence-corrected chi connectivity index (χ3v) is 5.77. The molecule has 8 heteroatoms. The van der Waals surface area contributed by atoms with Crippen LogP contribution in [0.1, 0.15) is 28.2 Å². The summed E-state index contributed by atoms with van der Waals surface area (Å²) in [5.74, 6) is 0.542. The molecule has 0 N–H and O–H groups in total. The SMILES string of the molecule is Cc1c(C)n(Cc2ccccc2)c2ncn3nc(CON=Cc4ccc(Cl)cc4)nc3c12. The lowest BCUT2D eigenvalue weighted by Gasteiger charge is -2.07. The number of aromatic nitrogens is 5. The maximum Gasteiger partial charge on any atom is 0.192 e. The zero-order valence-electron chi connectivity index (χ0n) is 17.7. The monoisotopic (exact) mass is 444 g/mol. The van der Waals surface area contributed by atoms with Crippen LogP contribution in [-0.2, 0) is 18.0 Å². The van der Waals surface area contributed by atoms with Crippen molar-refractivity contribution in [1.29, 1.82) is 0 Å². The number of aryl methyl sites for hydroxylation is 1. The smallest absolute Gasteiger partial charge is 0.192 e. The number of benzene rings is 2. The van der Waals surface area contributed by atoms with Gasteiger partial charge in [0.25, 0.3) is 0 Å². The summed E-state index contributed by atoms with van der Waals surface area (Å²) in [6, 6.07) is 17.7. The van der Waals surface area contributed by atoms with Crippen LogP contribution in [0.15, 0.2) is 66.1 Å². The predicted molar refractivity (Wildman–Crippen MR) is 125 cm³/mol. The predicted octanol–water partition coefficient (Wildman–Crippen LogP) is 4.95. The Hall–Kier alpha value is -3.71. The Balaban J connectivity index is 1.41. The molecule has 5 rings (SSSR count). The van der Waals surface area contributed by atoms with E-state index in [9.17, 15) is 0 Å². The van der Waals surface area contributed by atoms with E-state index >= 15 is 0 Å². The average molecular weight is 445 g/mol. The van der Waals surface area contributed by atoms with E-state index in [2.05, 4.69) is 57.9 Å². The number of oxime groups is 1. The highest BCUT2D eigenvalue weighted by molar-refractivity contribution is 6.30. The maximum atomic E-state index is 5.89. The number of fused-ring (bicyclic) bond motifs is 3. The van der Waals surface area contributed by atoms with Crippen molar-refractivity contribution in [2.75, 3.05) is 0 Å². The third-order valence-electron chi connectivity index (χ3n) is 5.51. The zero-order valence-corrected chi connectivity index (χ0v) is 18.5. The van der Waals surface area contributed by atoms with Crippen molar-refractivity contribution < 1.29 is 4.84 Å². The fourth-order valence-electron chi connectivity index (χ4n) is 3.74. The standard InChI is InChI=1S/C24H21ClN6O/c1-16-17(2)30(13-19-6-4-3-5-7-19)23-22(16)24-28-21(29-31(24)15-26-23)14-32-27-12-18-8-10-20(25)11-9-18/h3-12,15H,13-14H2,1-2H3. The van der Waals surface area contributed by atoms with Gasteiger partial charge in [0.15, 0.2) is 18.1 Å². The van der Waals surface area contributed by atoms with Gasteiger partial charge in [-0.15, -0.1) is 5.10 Å². The first-order valence-corrected chi connectivity index (χ1v) is 10.6. The second-order valence-corrected chi connectivity index (χ2v) is 8.02. The molecule has 2 aromatic carbocycles. The van der Waals surface area contributed by atoms with Gasteiger partial charge in [0, 0.05) is 17.3 Å². The summed E-state index contributed by atoms with van der Waals surface area (Å²) in [6.07, 6.45) is 3.33. The van der Waals surface area contributed by atoms with Crippen LogP contribution in [0.2, 0.25) is 5.02 Å². The van der Waals surface area contributed by atoms with Crippen LogP contribution < -0.4 is 0 Å². The van der Waals surface area contributed by atoms with Crippen molar-refractivity contribution in [3.8, 4) is 0 Å². The van der Waals surface area contributed by atoms with Crippen LogP contribution in [0.3, 0.4) is 0 Å². The molecule has 0 aliphatic carbocycles. The first-order valence-electron chi connectivity index (χ1n) is 10.2. The number of rotatable bonds is 6. The minimum atomic E-state index is 0.163. The average Bonchev–Trinajstić information content (AvgIpc) is 3.33. The van der Waals surface area contributed by atoms with E-state index < -0.39 is 0 Å². The van der Waals surface area contributed by atoms with Gasteiger partial charge in [0.05, 0.1) is 11.6 Å². The molecule has 0 aliphatic heterocycles. The molecule has 0 amide bonds. The molecule has 0 spiro atoms. The van der Waals surface area contributed by atoms with Crippen molar-refractivity contribution in [3.05, 3.63) is 94.2 Å². The van der Waals surface area contributed by atoms with E-state index in [1.165, 1.54) is 5.56 Å². The Labute approximate surface area is 189 Å². The molecule has 3 heterocycles. The van der Waals surface area contributed by atoms with Crippen LogP contribution in [0.4, 0.5) is 0 Å². The van der Waals surface area contributed by atoms with E-state index in [0.717, 1.165) is 40.0 Å². The second kappa shape index (κ2) is 8.43. The highest BCUT2D eigenvalue weighted by Crippen LogP contribution is 2.27. The minimum absolute atomic E-state index is 0.163. The summed E-state index contributed by atoms with van der Waals surface area (Å²) in [5.41, 5.74) is 6.10. The molecular weight excluding hydrogens is 424 g/mol. The van der Waals surface area contributed by atoms with Gasteiger partial charge in [-0.1, -0.05) is 59.2 Å². The second-order valence-electron chi connectivity index (χ2n) is 7.58. The van der Waals surface area contributed by atoms with Crippen LogP contribution >= 0.6 is 11.6 Å². The van der Waals surface area contributed by atoms with Crippen molar-refractivity contribution in [3.63, 3.8) is 0 Å². The fraction of sp³-hybridized carbons (Fsp3) is 0.167. The van der Waals surface area contributed by atoms with Gasteiger partial charge >= 0.3 is 0 Å². The molecule has 32 heavy (non-hydrogen) atoms. The quantitative estimate of drug-likeness (QED) is 0.274. The molecule has 0 fully saturated rings. The van der Waals surface area contributed by atoms with E-state index in [-0.39, 0.29) is 6.61 Å². The highest BCUT2D eigenvalue weighted by Gasteiger charge is 2.18. The number of hydrogen-bond donors (Lipinski definition) is 0. The van der Waals surface area contributed by atoms with Gasteiger partial charge in [-0.25, -0.2) is 14.5 Å². The summed E-state index contributed by atoms with van der Waals surface area (Å²) in [7, 11) is 0.